The summed E-state index contributed by atoms with van der Waals surface area (Å²) in [6.45, 7) is 0. The van der Waals surface area contributed by atoms with E-state index in [0.29, 0.717) is 11.5 Å². The molecule has 1 fully saturated rings. The fourth-order valence-corrected chi connectivity index (χ4v) is 1.91. The average Bonchev–Trinajstić information content (AvgIpc) is 2.60. The van der Waals surface area contributed by atoms with Gasteiger partial charge >= 0.3 is 0 Å². The quantitative estimate of drug-likeness (QED) is 0.659. The zero-order chi connectivity index (χ0) is 10.8. The molecule has 4 N–H and O–H groups in total. The molecule has 1 aromatic rings. The normalized spacial score (nSPS) is 25.5. The summed E-state index contributed by atoms with van der Waals surface area (Å²) >= 11 is 5.76. The van der Waals surface area contributed by atoms with Crippen LogP contribution in [0, 0.1) is 0 Å². The number of aliphatic hydroxyl groups excluding tert-OH is 1. The minimum atomic E-state index is -0.335. The number of nitrogens with one attached hydrogen (secondary N) is 1. The number of rotatable bonds is 2. The molecule has 0 spiro atoms. The number of anilines is 2. The predicted molar refractivity (Wildman–Crippen MR) is 58.7 cm³/mol. The molecule has 1 aliphatic carbocycles. The van der Waals surface area contributed by atoms with Gasteiger partial charge in [-0.15, -0.1) is 0 Å². The lowest BCUT2D eigenvalue weighted by molar-refractivity contribution is 0.171. The van der Waals surface area contributed by atoms with E-state index >= 15 is 0 Å². The third-order valence-electron chi connectivity index (χ3n) is 2.64. The van der Waals surface area contributed by atoms with Gasteiger partial charge in [-0.3, -0.25) is 0 Å². The van der Waals surface area contributed by atoms with Crippen molar-refractivity contribution in [2.45, 2.75) is 31.4 Å². The van der Waals surface area contributed by atoms with Gasteiger partial charge in [-0.05, 0) is 19.3 Å². The highest BCUT2D eigenvalue weighted by Gasteiger charge is 2.26. The van der Waals surface area contributed by atoms with Gasteiger partial charge < -0.3 is 16.2 Å². The van der Waals surface area contributed by atoms with Crippen LogP contribution in [0.2, 0.25) is 5.15 Å². The lowest BCUT2D eigenvalue weighted by Crippen LogP contribution is -2.28. The highest BCUT2D eigenvalue weighted by molar-refractivity contribution is 6.32. The molecular weight excluding hydrogens is 216 g/mol. The molecule has 0 saturated heterocycles. The number of nitrogen functional groups attached to an aromatic ring is 1. The molecule has 1 heterocycles. The number of halogens is 1. The first-order chi connectivity index (χ1) is 7.18. The van der Waals surface area contributed by atoms with Crippen molar-refractivity contribution in [2.75, 3.05) is 11.1 Å². The van der Waals surface area contributed by atoms with Crippen molar-refractivity contribution in [3.63, 3.8) is 0 Å². The third-order valence-corrected chi connectivity index (χ3v) is 2.94. The molecule has 0 aromatic carbocycles. The van der Waals surface area contributed by atoms with Crippen molar-refractivity contribution in [3.05, 3.63) is 11.5 Å². The Bertz CT molecular complexity index is 360. The Morgan fingerprint density at radius 1 is 1.47 bits per heavy atom. The molecule has 0 amide bonds. The second-order valence-corrected chi connectivity index (χ2v) is 4.03. The van der Waals surface area contributed by atoms with E-state index < -0.39 is 0 Å². The Labute approximate surface area is 92.7 Å². The Morgan fingerprint density at radius 3 is 2.93 bits per heavy atom. The Morgan fingerprint density at radius 2 is 2.27 bits per heavy atom. The molecule has 1 saturated carbocycles. The first-order valence-electron chi connectivity index (χ1n) is 4.89. The van der Waals surface area contributed by atoms with E-state index in [2.05, 4.69) is 15.3 Å². The molecule has 0 bridgehead atoms. The Hall–Kier alpha value is -1.07. The molecule has 15 heavy (non-hydrogen) atoms. The van der Waals surface area contributed by atoms with Crippen molar-refractivity contribution in [2.24, 2.45) is 0 Å². The molecule has 5 nitrogen and oxygen atoms in total. The van der Waals surface area contributed by atoms with Crippen LogP contribution < -0.4 is 11.1 Å². The summed E-state index contributed by atoms with van der Waals surface area (Å²) in [6.07, 6.45) is 3.76. The van der Waals surface area contributed by atoms with Crippen molar-refractivity contribution < 1.29 is 5.11 Å². The van der Waals surface area contributed by atoms with E-state index in [1.807, 2.05) is 0 Å². The second-order valence-electron chi connectivity index (χ2n) is 3.68. The number of aromatic nitrogens is 2. The van der Waals surface area contributed by atoms with Crippen LogP contribution >= 0.6 is 11.6 Å². The van der Waals surface area contributed by atoms with Crippen LogP contribution in [0.4, 0.5) is 11.5 Å². The SMILES string of the molecule is Nc1c(Cl)ncnc1N[C@@H]1CCC[C@H]1O. The largest absolute Gasteiger partial charge is 0.393 e. The van der Waals surface area contributed by atoms with Gasteiger partial charge in [-0.1, -0.05) is 11.6 Å². The highest BCUT2D eigenvalue weighted by atomic mass is 35.5. The molecule has 6 heteroatoms. The fourth-order valence-electron chi connectivity index (χ4n) is 1.77. The van der Waals surface area contributed by atoms with Crippen LogP contribution in [0.15, 0.2) is 6.33 Å². The Kier molecular flexibility index (Phi) is 2.93. The number of aliphatic hydroxyl groups is 1. The van der Waals surface area contributed by atoms with Gasteiger partial charge in [0.25, 0.3) is 0 Å². The van der Waals surface area contributed by atoms with Crippen LogP contribution in [0.25, 0.3) is 0 Å². The summed E-state index contributed by atoms with van der Waals surface area (Å²) in [4.78, 5) is 7.75. The summed E-state index contributed by atoms with van der Waals surface area (Å²) in [5.41, 5.74) is 6.04. The number of hydrogen-bond acceptors (Lipinski definition) is 5. The molecule has 1 aromatic heterocycles. The van der Waals surface area contributed by atoms with E-state index in [9.17, 15) is 5.11 Å². The van der Waals surface area contributed by atoms with Crippen molar-refractivity contribution >= 4 is 23.1 Å². The van der Waals surface area contributed by atoms with Crippen LogP contribution in [0.5, 0.6) is 0 Å². The van der Waals surface area contributed by atoms with E-state index in [4.69, 9.17) is 17.3 Å². The first kappa shape index (κ1) is 10.4. The lowest BCUT2D eigenvalue weighted by Gasteiger charge is -2.17. The third kappa shape index (κ3) is 2.13. The minimum absolute atomic E-state index is 0.0123. The topological polar surface area (TPSA) is 84.1 Å². The smallest absolute Gasteiger partial charge is 0.157 e. The number of nitrogens with two attached hydrogens (primary N) is 1. The maximum Gasteiger partial charge on any atom is 0.157 e. The number of hydrogen-bond donors (Lipinski definition) is 3. The van der Waals surface area contributed by atoms with Crippen LogP contribution in [-0.4, -0.2) is 27.2 Å². The van der Waals surface area contributed by atoms with E-state index in [1.54, 1.807) is 0 Å². The lowest BCUT2D eigenvalue weighted by atomic mass is 10.2. The maximum atomic E-state index is 9.63. The van der Waals surface area contributed by atoms with Gasteiger partial charge in [0, 0.05) is 0 Å². The van der Waals surface area contributed by atoms with Gasteiger partial charge in [-0.25, -0.2) is 9.97 Å². The van der Waals surface area contributed by atoms with E-state index in [1.165, 1.54) is 6.33 Å². The van der Waals surface area contributed by atoms with E-state index in [0.717, 1.165) is 19.3 Å². The molecule has 2 rings (SSSR count). The minimum Gasteiger partial charge on any atom is -0.393 e. The number of nitrogens with zero attached hydrogens (tertiary/aromatic N) is 2. The molecule has 1 aliphatic rings. The Balaban J connectivity index is 2.13. The molecule has 0 aliphatic heterocycles. The highest BCUT2D eigenvalue weighted by Crippen LogP contribution is 2.27. The second kappa shape index (κ2) is 4.20. The fraction of sp³-hybridized carbons (Fsp3) is 0.556. The van der Waals surface area contributed by atoms with Gasteiger partial charge in [0.1, 0.15) is 12.0 Å². The molecule has 2 atom stereocenters. The van der Waals surface area contributed by atoms with Crippen molar-refractivity contribution in [1.82, 2.24) is 9.97 Å². The van der Waals surface area contributed by atoms with Gasteiger partial charge in [0.15, 0.2) is 11.0 Å². The van der Waals surface area contributed by atoms with Gasteiger partial charge in [-0.2, -0.15) is 0 Å². The van der Waals surface area contributed by atoms with Crippen molar-refractivity contribution in [3.8, 4) is 0 Å². The van der Waals surface area contributed by atoms with E-state index in [-0.39, 0.29) is 17.3 Å². The van der Waals surface area contributed by atoms with Gasteiger partial charge in [0.2, 0.25) is 0 Å². The van der Waals surface area contributed by atoms with Crippen LogP contribution in [0.3, 0.4) is 0 Å². The predicted octanol–water partition coefficient (Wildman–Crippen LogP) is 1.04. The standard InChI is InChI=1S/C9H13ClN4O/c10-8-7(11)9(13-4-12-8)14-5-2-1-3-6(5)15/h4-6,15H,1-3,11H2,(H,12,13,14)/t5-,6-/m1/s1. The van der Waals surface area contributed by atoms with Gasteiger partial charge in [0.05, 0.1) is 12.1 Å². The molecular formula is C9H13ClN4O. The van der Waals surface area contributed by atoms with Crippen LogP contribution in [-0.2, 0) is 0 Å². The average molecular weight is 229 g/mol. The zero-order valence-electron chi connectivity index (χ0n) is 8.15. The summed E-state index contributed by atoms with van der Waals surface area (Å²) in [7, 11) is 0. The summed E-state index contributed by atoms with van der Waals surface area (Å²) in [6, 6.07) is 0.0123. The zero-order valence-corrected chi connectivity index (χ0v) is 8.91. The summed E-state index contributed by atoms with van der Waals surface area (Å²) in [5.74, 6) is 0.501. The van der Waals surface area contributed by atoms with Crippen LogP contribution in [0.1, 0.15) is 19.3 Å². The monoisotopic (exact) mass is 228 g/mol. The first-order valence-corrected chi connectivity index (χ1v) is 5.27. The maximum absolute atomic E-state index is 9.63. The molecule has 0 radical (unpaired) electrons. The summed E-state index contributed by atoms with van der Waals surface area (Å²) < 4.78 is 0. The molecule has 82 valence electrons. The summed E-state index contributed by atoms with van der Waals surface area (Å²) in [5, 5.41) is 13.0. The van der Waals surface area contributed by atoms with Crippen molar-refractivity contribution in [1.29, 1.82) is 0 Å². The molecule has 0 unspecified atom stereocenters.